The third kappa shape index (κ3) is 8.12. The van der Waals surface area contributed by atoms with Crippen LogP contribution < -0.4 is 14.2 Å². The van der Waals surface area contributed by atoms with Crippen molar-refractivity contribution in [1.82, 2.24) is 9.03 Å². The summed E-state index contributed by atoms with van der Waals surface area (Å²) in [7, 11) is -1.01. The van der Waals surface area contributed by atoms with Gasteiger partial charge in [-0.3, -0.25) is 0 Å². The van der Waals surface area contributed by atoms with Gasteiger partial charge < -0.3 is 24.1 Å². The van der Waals surface area contributed by atoms with Crippen molar-refractivity contribution >= 4 is 16.3 Å². The smallest absolute Gasteiger partial charge is 0.422 e. The van der Waals surface area contributed by atoms with E-state index in [4.69, 9.17) is 24.1 Å². The largest absolute Gasteiger partial charge is 0.493 e. The van der Waals surface area contributed by atoms with Crippen LogP contribution >= 0.6 is 0 Å². The fraction of sp³-hybridized carbons (Fsp3) is 0.667. The molecule has 2 rings (SSSR count). The molecule has 1 aliphatic carbocycles. The van der Waals surface area contributed by atoms with Gasteiger partial charge in [-0.1, -0.05) is 6.92 Å². The van der Waals surface area contributed by atoms with Crippen molar-refractivity contribution in [1.29, 1.82) is 0 Å². The minimum atomic E-state index is -4.15. The maximum Gasteiger partial charge on any atom is 0.422 e. The number of methoxy groups -OCH3 is 2. The van der Waals surface area contributed by atoms with Crippen LogP contribution in [-0.4, -0.2) is 71.1 Å². The molecule has 1 fully saturated rings. The number of hydrogen-bond acceptors (Lipinski definition) is 7. The van der Waals surface area contributed by atoms with Gasteiger partial charge in [0.1, 0.15) is 18.1 Å². The third-order valence-corrected chi connectivity index (χ3v) is 6.45. The molecule has 1 amide bonds. The number of ether oxygens (including phenoxy) is 4. The summed E-state index contributed by atoms with van der Waals surface area (Å²) in [5, 5.41) is 9.17. The molecule has 0 saturated heterocycles. The summed E-state index contributed by atoms with van der Waals surface area (Å²) in [5.41, 5.74) is 0.773. The van der Waals surface area contributed by atoms with Crippen LogP contribution in [0.5, 0.6) is 11.5 Å². The van der Waals surface area contributed by atoms with Gasteiger partial charge in [0.05, 0.1) is 19.3 Å². The van der Waals surface area contributed by atoms with Crippen molar-refractivity contribution < 1.29 is 37.3 Å². The SMILES string of the molecule is CCCN(C(=O)O)S(=O)(=O)NCCC(OC)c1ccc(OCCOC)cc1OCC1CC1. The lowest BCUT2D eigenvalue weighted by atomic mass is 10.0. The van der Waals surface area contributed by atoms with Gasteiger partial charge in [0, 0.05) is 38.9 Å². The molecule has 0 radical (unpaired) electrons. The van der Waals surface area contributed by atoms with E-state index in [1.165, 1.54) is 7.11 Å². The molecule has 2 N–H and O–H groups in total. The molecule has 0 aliphatic heterocycles. The Morgan fingerprint density at radius 3 is 2.59 bits per heavy atom. The second kappa shape index (κ2) is 12.8. The highest BCUT2D eigenvalue weighted by atomic mass is 32.2. The van der Waals surface area contributed by atoms with E-state index in [9.17, 15) is 13.2 Å². The molecule has 1 unspecified atom stereocenters. The summed E-state index contributed by atoms with van der Waals surface area (Å²) >= 11 is 0. The number of hydrogen-bond donors (Lipinski definition) is 2. The minimum Gasteiger partial charge on any atom is -0.493 e. The zero-order valence-electron chi connectivity index (χ0n) is 18.9. The molecule has 1 aromatic rings. The Hall–Kier alpha value is -2.08. The van der Waals surface area contributed by atoms with Gasteiger partial charge in [-0.25, -0.2) is 4.79 Å². The van der Waals surface area contributed by atoms with Crippen LogP contribution in [0.25, 0.3) is 0 Å². The highest BCUT2D eigenvalue weighted by molar-refractivity contribution is 7.87. The van der Waals surface area contributed by atoms with Crippen LogP contribution in [0, 0.1) is 5.92 Å². The highest BCUT2D eigenvalue weighted by Gasteiger charge is 2.27. The molecule has 1 aromatic carbocycles. The second-order valence-corrected chi connectivity index (χ2v) is 9.24. The number of nitrogens with one attached hydrogen (secondary N) is 1. The molecule has 1 atom stereocenters. The van der Waals surface area contributed by atoms with Crippen LogP contribution in [0.1, 0.15) is 44.3 Å². The Labute approximate surface area is 190 Å². The zero-order valence-corrected chi connectivity index (χ0v) is 19.7. The minimum absolute atomic E-state index is 0.00247. The number of nitrogens with zero attached hydrogens (tertiary/aromatic N) is 1. The summed E-state index contributed by atoms with van der Waals surface area (Å²) in [4.78, 5) is 11.3. The molecule has 32 heavy (non-hydrogen) atoms. The fourth-order valence-corrected chi connectivity index (χ4v) is 4.21. The average molecular weight is 475 g/mol. The monoisotopic (exact) mass is 474 g/mol. The number of carboxylic acid groups (broad SMARTS) is 1. The van der Waals surface area contributed by atoms with Gasteiger partial charge in [-0.2, -0.15) is 17.4 Å². The van der Waals surface area contributed by atoms with Crippen molar-refractivity contribution in [3.8, 4) is 11.5 Å². The lowest BCUT2D eigenvalue weighted by Crippen LogP contribution is -2.44. The molecule has 10 nitrogen and oxygen atoms in total. The fourth-order valence-electron chi connectivity index (χ4n) is 3.05. The summed E-state index contributed by atoms with van der Waals surface area (Å²) in [6.45, 7) is 3.07. The number of rotatable bonds is 16. The molecule has 11 heteroatoms. The van der Waals surface area contributed by atoms with Crippen molar-refractivity contribution in [2.24, 2.45) is 5.92 Å². The first-order valence-electron chi connectivity index (χ1n) is 10.7. The molecular weight excluding hydrogens is 440 g/mol. The van der Waals surface area contributed by atoms with Gasteiger partial charge in [0.25, 0.3) is 0 Å². The van der Waals surface area contributed by atoms with E-state index in [1.807, 2.05) is 6.07 Å². The Morgan fingerprint density at radius 1 is 1.25 bits per heavy atom. The number of carbonyl (C=O) groups is 1. The van der Waals surface area contributed by atoms with E-state index in [1.54, 1.807) is 26.2 Å². The molecule has 0 spiro atoms. The van der Waals surface area contributed by atoms with Crippen LogP contribution in [0.15, 0.2) is 18.2 Å². The van der Waals surface area contributed by atoms with Crippen LogP contribution in [0.3, 0.4) is 0 Å². The standard InChI is InChI=1S/C21H34N2O8S/c1-4-11-23(21(24)25)32(26,27)22-10-9-19(29-3)18-8-7-17(30-13-12-28-2)14-20(18)31-15-16-5-6-16/h7-8,14,16,19,22H,4-6,9-13,15H2,1-3H3,(H,24,25). The Balaban J connectivity index is 2.07. The van der Waals surface area contributed by atoms with Crippen molar-refractivity contribution in [2.45, 2.75) is 38.7 Å². The van der Waals surface area contributed by atoms with Gasteiger partial charge in [0.2, 0.25) is 0 Å². The summed E-state index contributed by atoms with van der Waals surface area (Å²) in [5.74, 6) is 1.82. The van der Waals surface area contributed by atoms with Crippen LogP contribution in [0.4, 0.5) is 4.79 Å². The van der Waals surface area contributed by atoms with Crippen LogP contribution in [0.2, 0.25) is 0 Å². The molecular formula is C21H34N2O8S. The Bertz CT molecular complexity index is 829. The number of amides is 1. The lowest BCUT2D eigenvalue weighted by Gasteiger charge is -2.22. The molecule has 1 saturated carbocycles. The Kier molecular flexibility index (Phi) is 10.5. The van der Waals surface area contributed by atoms with Gasteiger partial charge >= 0.3 is 16.3 Å². The average Bonchev–Trinajstić information content (AvgIpc) is 3.58. The zero-order chi connectivity index (χ0) is 23.6. The molecule has 0 aromatic heterocycles. The van der Waals surface area contributed by atoms with Crippen molar-refractivity contribution in [3.63, 3.8) is 0 Å². The Morgan fingerprint density at radius 2 is 2.00 bits per heavy atom. The number of benzene rings is 1. The second-order valence-electron chi connectivity index (χ2n) is 7.56. The summed E-state index contributed by atoms with van der Waals surface area (Å²) < 4.78 is 49.7. The first-order chi connectivity index (χ1) is 15.3. The topological polar surface area (TPSA) is 124 Å². The first-order valence-corrected chi connectivity index (χ1v) is 12.2. The maximum absolute atomic E-state index is 12.3. The molecule has 0 heterocycles. The van der Waals surface area contributed by atoms with Gasteiger partial charge in [-0.15, -0.1) is 0 Å². The van der Waals surface area contributed by atoms with Crippen LogP contribution in [-0.2, 0) is 19.7 Å². The van der Waals surface area contributed by atoms with Gasteiger partial charge in [-0.05, 0) is 43.7 Å². The van der Waals surface area contributed by atoms with Gasteiger partial charge in [0.15, 0.2) is 0 Å². The normalized spacial score (nSPS) is 14.7. The summed E-state index contributed by atoms with van der Waals surface area (Å²) in [6, 6.07) is 5.45. The van der Waals surface area contributed by atoms with E-state index in [0.717, 1.165) is 18.4 Å². The first kappa shape index (κ1) is 26.2. The molecule has 0 bridgehead atoms. The summed E-state index contributed by atoms with van der Waals surface area (Å²) in [6.07, 6.45) is 0.999. The highest BCUT2D eigenvalue weighted by Crippen LogP contribution is 2.35. The van der Waals surface area contributed by atoms with E-state index >= 15 is 0 Å². The maximum atomic E-state index is 12.3. The van der Waals surface area contributed by atoms with Crippen molar-refractivity contribution in [2.75, 3.05) is 47.1 Å². The molecule has 182 valence electrons. The quantitative estimate of drug-likeness (QED) is 0.351. The van der Waals surface area contributed by atoms with E-state index in [-0.39, 0.29) is 13.1 Å². The predicted octanol–water partition coefficient (Wildman–Crippen LogP) is 2.80. The predicted molar refractivity (Wildman–Crippen MR) is 118 cm³/mol. The lowest BCUT2D eigenvalue weighted by molar-refractivity contribution is 0.0932. The van der Waals surface area contributed by atoms with Crippen molar-refractivity contribution in [3.05, 3.63) is 23.8 Å². The van der Waals surface area contributed by atoms with E-state index in [0.29, 0.717) is 54.4 Å². The third-order valence-electron chi connectivity index (χ3n) is 4.97. The van der Waals surface area contributed by atoms with E-state index < -0.39 is 22.4 Å². The van der Waals surface area contributed by atoms with E-state index in [2.05, 4.69) is 4.72 Å². The molecule has 1 aliphatic rings.